The molecule has 1 heterocycles. The summed E-state index contributed by atoms with van der Waals surface area (Å²) in [4.78, 5) is 22.5. The van der Waals surface area contributed by atoms with Crippen molar-refractivity contribution >= 4 is 21.8 Å². The Balaban J connectivity index is 1.68. The third-order valence-corrected chi connectivity index (χ3v) is 5.83. The van der Waals surface area contributed by atoms with E-state index in [1.807, 2.05) is 0 Å². The van der Waals surface area contributed by atoms with Crippen LogP contribution in [0.25, 0.3) is 0 Å². The Kier molecular flexibility index (Phi) is 4.52. The minimum absolute atomic E-state index is 0.0129. The lowest BCUT2D eigenvalue weighted by Gasteiger charge is -2.15. The number of carbonyl (C=O) groups is 2. The first kappa shape index (κ1) is 15.1. The van der Waals surface area contributed by atoms with Crippen LogP contribution in [0, 0.1) is 11.8 Å². The highest BCUT2D eigenvalue weighted by molar-refractivity contribution is 7.91. The van der Waals surface area contributed by atoms with Crippen molar-refractivity contribution in [2.75, 3.05) is 18.1 Å². The van der Waals surface area contributed by atoms with Crippen molar-refractivity contribution in [2.24, 2.45) is 11.8 Å². The standard InChI is InChI=1S/C12H20N2O5S/c15-11(16)9-1-2-10(5-9)14-12(17)13-6-8-3-4-20(18,19)7-8/h8-10H,1-7H2,(H,15,16)(H2,13,14,17)/t8?,9-,10+/m1/s1. The summed E-state index contributed by atoms with van der Waals surface area (Å²) in [5, 5.41) is 14.3. The molecule has 3 N–H and O–H groups in total. The van der Waals surface area contributed by atoms with Gasteiger partial charge in [-0.3, -0.25) is 4.79 Å². The van der Waals surface area contributed by atoms with Crippen LogP contribution in [0.1, 0.15) is 25.7 Å². The first-order valence-electron chi connectivity index (χ1n) is 6.83. The lowest BCUT2D eigenvalue weighted by atomic mass is 10.1. The molecule has 2 fully saturated rings. The summed E-state index contributed by atoms with van der Waals surface area (Å²) in [6.07, 6.45) is 2.30. The summed E-state index contributed by atoms with van der Waals surface area (Å²) in [5.41, 5.74) is 0. The smallest absolute Gasteiger partial charge is 0.315 e. The predicted molar refractivity (Wildman–Crippen MR) is 72.1 cm³/mol. The van der Waals surface area contributed by atoms with Gasteiger partial charge in [-0.1, -0.05) is 0 Å². The summed E-state index contributed by atoms with van der Waals surface area (Å²) >= 11 is 0. The molecule has 0 bridgehead atoms. The number of sulfone groups is 1. The number of rotatable bonds is 4. The molecule has 7 nitrogen and oxygen atoms in total. The third-order valence-electron chi connectivity index (χ3n) is 4.00. The Labute approximate surface area is 118 Å². The maximum Gasteiger partial charge on any atom is 0.315 e. The summed E-state index contributed by atoms with van der Waals surface area (Å²) in [6.45, 7) is 0.347. The predicted octanol–water partition coefficient (Wildman–Crippen LogP) is -0.0264. The van der Waals surface area contributed by atoms with E-state index in [1.54, 1.807) is 0 Å². The second kappa shape index (κ2) is 5.99. The van der Waals surface area contributed by atoms with Crippen LogP contribution in [0.15, 0.2) is 0 Å². The van der Waals surface area contributed by atoms with Crippen molar-refractivity contribution in [1.82, 2.24) is 10.6 Å². The van der Waals surface area contributed by atoms with Crippen LogP contribution in [0.4, 0.5) is 4.79 Å². The first-order chi connectivity index (χ1) is 9.35. The molecule has 1 aliphatic carbocycles. The zero-order chi connectivity index (χ0) is 14.8. The fourth-order valence-electron chi connectivity index (χ4n) is 2.84. The fourth-order valence-corrected chi connectivity index (χ4v) is 4.71. The molecule has 20 heavy (non-hydrogen) atoms. The molecular formula is C12H20N2O5S. The van der Waals surface area contributed by atoms with Crippen LogP contribution in [0.3, 0.4) is 0 Å². The van der Waals surface area contributed by atoms with E-state index in [4.69, 9.17) is 5.11 Å². The number of aliphatic carboxylic acids is 1. The number of carbonyl (C=O) groups excluding carboxylic acids is 1. The second-order valence-electron chi connectivity index (χ2n) is 5.67. The Morgan fingerprint density at radius 2 is 1.95 bits per heavy atom. The summed E-state index contributed by atoms with van der Waals surface area (Å²) < 4.78 is 22.6. The number of nitrogens with one attached hydrogen (secondary N) is 2. The minimum Gasteiger partial charge on any atom is -0.481 e. The molecule has 3 atom stereocenters. The van der Waals surface area contributed by atoms with Gasteiger partial charge >= 0.3 is 12.0 Å². The van der Waals surface area contributed by atoms with Gasteiger partial charge in [-0.05, 0) is 31.6 Å². The fraction of sp³-hybridized carbons (Fsp3) is 0.833. The molecule has 0 radical (unpaired) electrons. The van der Waals surface area contributed by atoms with E-state index < -0.39 is 15.8 Å². The van der Waals surface area contributed by atoms with Crippen LogP contribution in [-0.2, 0) is 14.6 Å². The number of amides is 2. The number of hydrogen-bond acceptors (Lipinski definition) is 4. The molecule has 1 saturated carbocycles. The van der Waals surface area contributed by atoms with E-state index in [1.165, 1.54) is 0 Å². The van der Waals surface area contributed by atoms with Gasteiger partial charge in [0.25, 0.3) is 0 Å². The molecule has 1 unspecified atom stereocenters. The average molecular weight is 304 g/mol. The van der Waals surface area contributed by atoms with Gasteiger partial charge in [0.15, 0.2) is 9.84 Å². The zero-order valence-corrected chi connectivity index (χ0v) is 12.0. The van der Waals surface area contributed by atoms with Crippen LogP contribution >= 0.6 is 0 Å². The molecule has 2 aliphatic rings. The molecule has 114 valence electrons. The summed E-state index contributed by atoms with van der Waals surface area (Å²) in [7, 11) is -2.92. The number of hydrogen-bond donors (Lipinski definition) is 3. The zero-order valence-electron chi connectivity index (χ0n) is 11.2. The summed E-state index contributed by atoms with van der Waals surface area (Å²) in [6, 6.07) is -0.450. The lowest BCUT2D eigenvalue weighted by Crippen LogP contribution is -2.43. The van der Waals surface area contributed by atoms with Crippen molar-refractivity contribution in [3.05, 3.63) is 0 Å². The van der Waals surface area contributed by atoms with Crippen molar-refractivity contribution in [2.45, 2.75) is 31.7 Å². The highest BCUT2D eigenvalue weighted by atomic mass is 32.2. The Morgan fingerprint density at radius 3 is 2.50 bits per heavy atom. The van der Waals surface area contributed by atoms with Gasteiger partial charge in [-0.2, -0.15) is 0 Å². The maximum atomic E-state index is 11.7. The van der Waals surface area contributed by atoms with E-state index in [0.29, 0.717) is 32.2 Å². The molecule has 0 aromatic rings. The van der Waals surface area contributed by atoms with Crippen LogP contribution in [0.2, 0.25) is 0 Å². The van der Waals surface area contributed by atoms with Crippen LogP contribution in [-0.4, -0.2) is 49.6 Å². The minimum atomic E-state index is -2.92. The van der Waals surface area contributed by atoms with E-state index >= 15 is 0 Å². The second-order valence-corrected chi connectivity index (χ2v) is 7.90. The van der Waals surface area contributed by atoms with Gasteiger partial charge in [0.05, 0.1) is 17.4 Å². The highest BCUT2D eigenvalue weighted by Crippen LogP contribution is 2.25. The van der Waals surface area contributed by atoms with E-state index in [9.17, 15) is 18.0 Å². The van der Waals surface area contributed by atoms with E-state index in [0.717, 1.165) is 0 Å². The van der Waals surface area contributed by atoms with Crippen LogP contribution in [0.5, 0.6) is 0 Å². The molecule has 2 amide bonds. The Hall–Kier alpha value is -1.31. The van der Waals surface area contributed by atoms with Gasteiger partial charge in [-0.15, -0.1) is 0 Å². The molecular weight excluding hydrogens is 284 g/mol. The van der Waals surface area contributed by atoms with E-state index in [2.05, 4.69) is 10.6 Å². The van der Waals surface area contributed by atoms with Crippen molar-refractivity contribution in [1.29, 1.82) is 0 Å². The number of carboxylic acids is 1. The summed E-state index contributed by atoms with van der Waals surface area (Å²) in [5.74, 6) is -0.867. The molecule has 2 rings (SSSR count). The van der Waals surface area contributed by atoms with Crippen molar-refractivity contribution in [3.8, 4) is 0 Å². The Morgan fingerprint density at radius 1 is 1.20 bits per heavy atom. The third kappa shape index (κ3) is 4.09. The van der Waals surface area contributed by atoms with Crippen LogP contribution < -0.4 is 10.6 Å². The van der Waals surface area contributed by atoms with Gasteiger partial charge in [-0.25, -0.2) is 13.2 Å². The Bertz CT molecular complexity index is 490. The van der Waals surface area contributed by atoms with E-state index in [-0.39, 0.29) is 35.4 Å². The SMILES string of the molecule is O=C(NCC1CCS(=O)(=O)C1)N[C@H]1CC[C@@H](C(=O)O)C1. The molecule has 0 spiro atoms. The average Bonchev–Trinajstić information content (AvgIpc) is 2.93. The lowest BCUT2D eigenvalue weighted by molar-refractivity contribution is -0.141. The highest BCUT2D eigenvalue weighted by Gasteiger charge is 2.31. The molecule has 8 heteroatoms. The quantitative estimate of drug-likeness (QED) is 0.675. The van der Waals surface area contributed by atoms with Crippen molar-refractivity contribution in [3.63, 3.8) is 0 Å². The number of urea groups is 1. The monoisotopic (exact) mass is 304 g/mol. The van der Waals surface area contributed by atoms with Crippen molar-refractivity contribution < 1.29 is 23.1 Å². The van der Waals surface area contributed by atoms with Gasteiger partial charge in [0, 0.05) is 12.6 Å². The van der Waals surface area contributed by atoms with Gasteiger partial charge < -0.3 is 15.7 Å². The molecule has 1 aliphatic heterocycles. The number of carboxylic acid groups (broad SMARTS) is 1. The first-order valence-corrected chi connectivity index (χ1v) is 8.65. The van der Waals surface area contributed by atoms with Gasteiger partial charge in [0.1, 0.15) is 0 Å². The largest absolute Gasteiger partial charge is 0.481 e. The maximum absolute atomic E-state index is 11.7. The normalized spacial score (nSPS) is 31.9. The molecule has 1 saturated heterocycles. The topological polar surface area (TPSA) is 113 Å². The van der Waals surface area contributed by atoms with Gasteiger partial charge in [0.2, 0.25) is 0 Å². The molecule has 0 aromatic carbocycles. The molecule has 0 aromatic heterocycles.